The van der Waals surface area contributed by atoms with Crippen LogP contribution in [0.2, 0.25) is 0 Å². The van der Waals surface area contributed by atoms with Crippen LogP contribution in [0.4, 0.5) is 0 Å². The molecule has 26 heavy (non-hydrogen) atoms. The van der Waals surface area contributed by atoms with E-state index in [9.17, 15) is 0 Å². The maximum Gasteiger partial charge on any atom is 0.159 e. The fourth-order valence-electron chi connectivity index (χ4n) is 3.54. The standard InChI is InChI=1S/C19H24N6O/c1-14-9-15(2)25-19(23-14)16(10-22-25)11-24-7-8-26-18(12-24)4-3-17-5-6-20-13-21-17/h5-6,9-10,13,18H,3-4,7-8,11-12H2,1-2H3/t18-/m0/s1. The molecular formula is C19H24N6O. The van der Waals surface area contributed by atoms with Crippen molar-refractivity contribution in [1.29, 1.82) is 0 Å². The molecule has 3 aromatic rings. The number of hydrogen-bond acceptors (Lipinski definition) is 6. The van der Waals surface area contributed by atoms with Crippen LogP contribution in [0.15, 0.2) is 30.9 Å². The second-order valence-electron chi connectivity index (χ2n) is 6.91. The molecule has 0 N–H and O–H groups in total. The summed E-state index contributed by atoms with van der Waals surface area (Å²) >= 11 is 0. The smallest absolute Gasteiger partial charge is 0.159 e. The summed E-state index contributed by atoms with van der Waals surface area (Å²) in [6.07, 6.45) is 7.46. The van der Waals surface area contributed by atoms with Gasteiger partial charge in [-0.15, -0.1) is 0 Å². The molecule has 0 saturated carbocycles. The first-order chi connectivity index (χ1) is 12.7. The lowest BCUT2D eigenvalue weighted by Gasteiger charge is -2.32. The molecular weight excluding hydrogens is 328 g/mol. The molecule has 0 aromatic carbocycles. The van der Waals surface area contributed by atoms with Crippen molar-refractivity contribution in [3.63, 3.8) is 0 Å². The SMILES string of the molecule is Cc1cc(C)n2ncc(CN3CCO[C@@H](CCc4ccncn4)C3)c2n1. The fourth-order valence-corrected chi connectivity index (χ4v) is 3.54. The largest absolute Gasteiger partial charge is 0.376 e. The highest BCUT2D eigenvalue weighted by Gasteiger charge is 2.22. The number of nitrogens with zero attached hydrogens (tertiary/aromatic N) is 6. The summed E-state index contributed by atoms with van der Waals surface area (Å²) in [5.41, 5.74) is 5.35. The van der Waals surface area contributed by atoms with Gasteiger partial charge in [0.05, 0.1) is 18.9 Å². The summed E-state index contributed by atoms with van der Waals surface area (Å²) in [4.78, 5) is 15.4. The van der Waals surface area contributed by atoms with Crippen molar-refractivity contribution in [3.8, 4) is 0 Å². The van der Waals surface area contributed by atoms with Gasteiger partial charge in [-0.3, -0.25) is 4.90 Å². The van der Waals surface area contributed by atoms with Gasteiger partial charge >= 0.3 is 0 Å². The normalized spacial score (nSPS) is 18.5. The molecule has 3 aromatic heterocycles. The summed E-state index contributed by atoms with van der Waals surface area (Å²) in [7, 11) is 0. The van der Waals surface area contributed by atoms with Crippen molar-refractivity contribution >= 4 is 5.65 Å². The van der Waals surface area contributed by atoms with E-state index >= 15 is 0 Å². The van der Waals surface area contributed by atoms with Gasteiger partial charge in [0.2, 0.25) is 0 Å². The highest BCUT2D eigenvalue weighted by molar-refractivity contribution is 5.47. The number of rotatable bonds is 5. The number of aromatic nitrogens is 5. The third kappa shape index (κ3) is 3.73. The van der Waals surface area contributed by atoms with Crippen LogP contribution in [0.3, 0.4) is 0 Å². The molecule has 1 saturated heterocycles. The third-order valence-corrected chi connectivity index (χ3v) is 4.83. The van der Waals surface area contributed by atoms with Crippen LogP contribution in [0.5, 0.6) is 0 Å². The third-order valence-electron chi connectivity index (χ3n) is 4.83. The van der Waals surface area contributed by atoms with Crippen LogP contribution in [0.1, 0.15) is 29.1 Å². The summed E-state index contributed by atoms with van der Waals surface area (Å²) in [5, 5.41) is 4.50. The van der Waals surface area contributed by atoms with E-state index in [-0.39, 0.29) is 6.10 Å². The average Bonchev–Trinajstić information content (AvgIpc) is 3.04. The highest BCUT2D eigenvalue weighted by Crippen LogP contribution is 2.17. The summed E-state index contributed by atoms with van der Waals surface area (Å²) in [6, 6.07) is 4.03. The molecule has 4 rings (SSSR count). The lowest BCUT2D eigenvalue weighted by Crippen LogP contribution is -2.42. The summed E-state index contributed by atoms with van der Waals surface area (Å²) in [6.45, 7) is 7.57. The molecule has 136 valence electrons. The molecule has 1 fully saturated rings. The van der Waals surface area contributed by atoms with Gasteiger partial charge in [-0.25, -0.2) is 19.5 Å². The monoisotopic (exact) mass is 352 g/mol. The maximum atomic E-state index is 5.95. The quantitative estimate of drug-likeness (QED) is 0.699. The molecule has 7 nitrogen and oxygen atoms in total. The predicted molar refractivity (Wildman–Crippen MR) is 97.8 cm³/mol. The Morgan fingerprint density at radius 3 is 3.08 bits per heavy atom. The summed E-state index contributed by atoms with van der Waals surface area (Å²) < 4.78 is 7.88. The van der Waals surface area contributed by atoms with Crippen LogP contribution in [0, 0.1) is 13.8 Å². The van der Waals surface area contributed by atoms with Gasteiger partial charge in [0.1, 0.15) is 6.33 Å². The zero-order chi connectivity index (χ0) is 17.9. The molecule has 0 radical (unpaired) electrons. The minimum Gasteiger partial charge on any atom is -0.376 e. The maximum absolute atomic E-state index is 5.95. The van der Waals surface area contributed by atoms with E-state index in [1.807, 2.05) is 23.7 Å². The van der Waals surface area contributed by atoms with E-state index in [1.54, 1.807) is 12.5 Å². The highest BCUT2D eigenvalue weighted by atomic mass is 16.5. The molecule has 0 unspecified atom stereocenters. The molecule has 1 aliphatic heterocycles. The van der Waals surface area contributed by atoms with Crippen molar-refractivity contribution in [2.75, 3.05) is 19.7 Å². The van der Waals surface area contributed by atoms with Gasteiger partial charge in [-0.2, -0.15) is 5.10 Å². The van der Waals surface area contributed by atoms with E-state index in [0.717, 1.165) is 61.8 Å². The lowest BCUT2D eigenvalue weighted by atomic mass is 10.1. The Morgan fingerprint density at radius 2 is 2.23 bits per heavy atom. The first-order valence-electron chi connectivity index (χ1n) is 9.09. The van der Waals surface area contributed by atoms with E-state index in [4.69, 9.17) is 4.74 Å². The second kappa shape index (κ2) is 7.47. The number of morpholine rings is 1. The van der Waals surface area contributed by atoms with Gasteiger partial charge in [0, 0.05) is 48.5 Å². The minimum absolute atomic E-state index is 0.233. The Morgan fingerprint density at radius 1 is 1.31 bits per heavy atom. The van der Waals surface area contributed by atoms with Crippen LogP contribution in [0.25, 0.3) is 5.65 Å². The number of aryl methyl sites for hydroxylation is 3. The molecule has 0 aliphatic carbocycles. The second-order valence-corrected chi connectivity index (χ2v) is 6.91. The topological polar surface area (TPSA) is 68.4 Å². The Labute approximate surface area is 153 Å². The van der Waals surface area contributed by atoms with Crippen LogP contribution >= 0.6 is 0 Å². The van der Waals surface area contributed by atoms with Crippen molar-refractivity contribution in [3.05, 3.63) is 53.5 Å². The van der Waals surface area contributed by atoms with Gasteiger partial charge in [-0.1, -0.05) is 0 Å². The molecule has 0 spiro atoms. The van der Waals surface area contributed by atoms with Crippen LogP contribution in [-0.4, -0.2) is 55.3 Å². The van der Waals surface area contributed by atoms with E-state index < -0.39 is 0 Å². The molecule has 7 heteroatoms. The van der Waals surface area contributed by atoms with Crippen molar-refractivity contribution in [2.45, 2.75) is 39.3 Å². The Hall–Kier alpha value is -2.38. The molecule has 0 bridgehead atoms. The molecule has 1 atom stereocenters. The van der Waals surface area contributed by atoms with E-state index in [1.165, 1.54) is 5.56 Å². The van der Waals surface area contributed by atoms with Crippen molar-refractivity contribution in [1.82, 2.24) is 29.5 Å². The predicted octanol–water partition coefficient (Wildman–Crippen LogP) is 1.97. The number of ether oxygens (including phenoxy) is 1. The molecule has 1 aliphatic rings. The van der Waals surface area contributed by atoms with Gasteiger partial charge < -0.3 is 4.74 Å². The zero-order valence-electron chi connectivity index (χ0n) is 15.3. The average molecular weight is 352 g/mol. The molecule has 4 heterocycles. The van der Waals surface area contributed by atoms with Crippen LogP contribution in [-0.2, 0) is 17.7 Å². The lowest BCUT2D eigenvalue weighted by molar-refractivity contribution is -0.0345. The minimum atomic E-state index is 0.233. The van der Waals surface area contributed by atoms with Crippen LogP contribution < -0.4 is 0 Å². The number of fused-ring (bicyclic) bond motifs is 1. The van der Waals surface area contributed by atoms with Gasteiger partial charge in [0.25, 0.3) is 0 Å². The van der Waals surface area contributed by atoms with E-state index in [2.05, 4.69) is 37.9 Å². The van der Waals surface area contributed by atoms with Crippen molar-refractivity contribution in [2.24, 2.45) is 0 Å². The first kappa shape index (κ1) is 17.1. The van der Waals surface area contributed by atoms with E-state index in [0.29, 0.717) is 0 Å². The first-order valence-corrected chi connectivity index (χ1v) is 9.09. The summed E-state index contributed by atoms with van der Waals surface area (Å²) in [5.74, 6) is 0. The van der Waals surface area contributed by atoms with Gasteiger partial charge in [0.15, 0.2) is 5.65 Å². The Balaban J connectivity index is 1.41. The van der Waals surface area contributed by atoms with Crippen molar-refractivity contribution < 1.29 is 4.74 Å². The zero-order valence-corrected chi connectivity index (χ0v) is 15.3. The van der Waals surface area contributed by atoms with Gasteiger partial charge in [-0.05, 0) is 38.8 Å². The fraction of sp³-hybridized carbons (Fsp3) is 0.474. The Bertz CT molecular complexity index is 878. The Kier molecular flexibility index (Phi) is 4.90. The molecule has 0 amide bonds. The number of hydrogen-bond donors (Lipinski definition) is 0.